The number of nitrogens with zero attached hydrogens (tertiary/aromatic N) is 2. The average molecular weight is 332 g/mol. The van der Waals surface area contributed by atoms with E-state index in [0.29, 0.717) is 5.75 Å². The van der Waals surface area contributed by atoms with Crippen LogP contribution in [-0.2, 0) is 4.79 Å². The minimum atomic E-state index is -0.788. The summed E-state index contributed by atoms with van der Waals surface area (Å²) in [6.07, 6.45) is 3.42. The van der Waals surface area contributed by atoms with Crippen LogP contribution in [0, 0.1) is 12.3 Å². The highest BCUT2D eigenvalue weighted by atomic mass is 16.5. The quantitative estimate of drug-likeness (QED) is 0.918. The van der Waals surface area contributed by atoms with E-state index in [9.17, 15) is 9.90 Å². The topological polar surface area (TPSA) is 53.0 Å². The van der Waals surface area contributed by atoms with Crippen LogP contribution in [0.5, 0.6) is 5.75 Å². The summed E-state index contributed by atoms with van der Waals surface area (Å²) >= 11 is 0. The Balaban J connectivity index is 1.85. The molecule has 1 atom stereocenters. The molecular weight excluding hydrogens is 304 g/mol. The molecule has 2 saturated heterocycles. The Labute approximate surface area is 144 Å². The highest BCUT2D eigenvalue weighted by molar-refractivity contribution is 5.77. The lowest BCUT2D eigenvalue weighted by Gasteiger charge is -2.38. The zero-order chi connectivity index (χ0) is 17.3. The molecule has 0 bridgehead atoms. The zero-order valence-electron chi connectivity index (χ0n) is 14.9. The van der Waals surface area contributed by atoms with Crippen molar-refractivity contribution in [2.75, 3.05) is 40.3 Å². The smallest absolute Gasteiger partial charge is 0.325 e. The summed E-state index contributed by atoms with van der Waals surface area (Å²) in [6, 6.07) is 5.17. The van der Waals surface area contributed by atoms with Crippen LogP contribution in [-0.4, -0.2) is 61.2 Å². The number of aryl methyl sites for hydroxylation is 1. The standard InChI is InChI=1S/C19H28N2O3/c1-14-4-5-16(24-3)15(12-14)17(18(22)23)21-11-8-19(13-21)6-9-20(2)10-7-19/h4-5,12,17H,6-11,13H2,1-3H3,(H,22,23). The number of carbonyl (C=O) groups is 1. The van der Waals surface area contributed by atoms with Gasteiger partial charge in [-0.1, -0.05) is 17.7 Å². The first-order valence-corrected chi connectivity index (χ1v) is 8.74. The van der Waals surface area contributed by atoms with Gasteiger partial charge < -0.3 is 14.7 Å². The molecule has 1 N–H and O–H groups in total. The molecule has 1 aromatic carbocycles. The van der Waals surface area contributed by atoms with E-state index in [1.54, 1.807) is 7.11 Å². The summed E-state index contributed by atoms with van der Waals surface area (Å²) in [5, 5.41) is 9.92. The van der Waals surface area contributed by atoms with Gasteiger partial charge in [0.25, 0.3) is 0 Å². The maximum Gasteiger partial charge on any atom is 0.325 e. The first-order valence-electron chi connectivity index (χ1n) is 8.74. The first kappa shape index (κ1) is 17.2. The van der Waals surface area contributed by atoms with Crippen molar-refractivity contribution in [2.24, 2.45) is 5.41 Å². The number of hydrogen-bond acceptors (Lipinski definition) is 4. The third-order valence-corrected chi connectivity index (χ3v) is 5.79. The molecule has 0 amide bonds. The molecule has 0 saturated carbocycles. The Morgan fingerprint density at radius 2 is 1.92 bits per heavy atom. The van der Waals surface area contributed by atoms with Gasteiger partial charge in [0.1, 0.15) is 11.8 Å². The van der Waals surface area contributed by atoms with Gasteiger partial charge in [0, 0.05) is 12.1 Å². The Bertz CT molecular complexity index is 609. The minimum absolute atomic E-state index is 0.289. The number of methoxy groups -OCH3 is 1. The summed E-state index contributed by atoms with van der Waals surface area (Å²) in [4.78, 5) is 16.6. The van der Waals surface area contributed by atoms with Crippen molar-refractivity contribution >= 4 is 5.97 Å². The SMILES string of the molecule is COc1ccc(C)cc1C(C(=O)O)N1CCC2(CCN(C)CC2)C1. The van der Waals surface area contributed by atoms with Gasteiger partial charge in [0.2, 0.25) is 0 Å². The Morgan fingerprint density at radius 3 is 2.54 bits per heavy atom. The molecule has 1 spiro atoms. The number of likely N-dealkylation sites (tertiary alicyclic amines) is 2. The van der Waals surface area contributed by atoms with Crippen molar-refractivity contribution in [3.63, 3.8) is 0 Å². The molecule has 2 heterocycles. The van der Waals surface area contributed by atoms with E-state index < -0.39 is 12.0 Å². The summed E-state index contributed by atoms with van der Waals surface area (Å²) in [5.41, 5.74) is 2.12. The van der Waals surface area contributed by atoms with Crippen LogP contribution in [0.25, 0.3) is 0 Å². The van der Waals surface area contributed by atoms with Gasteiger partial charge >= 0.3 is 5.97 Å². The van der Waals surface area contributed by atoms with Crippen LogP contribution in [0.15, 0.2) is 18.2 Å². The number of rotatable bonds is 4. The minimum Gasteiger partial charge on any atom is -0.496 e. The summed E-state index contributed by atoms with van der Waals surface area (Å²) in [7, 11) is 3.77. The highest BCUT2D eigenvalue weighted by Gasteiger charge is 2.44. The molecule has 5 nitrogen and oxygen atoms in total. The second-order valence-corrected chi connectivity index (χ2v) is 7.51. The molecule has 0 aliphatic carbocycles. The van der Waals surface area contributed by atoms with Crippen molar-refractivity contribution in [1.82, 2.24) is 9.80 Å². The lowest BCUT2D eigenvalue weighted by molar-refractivity contribution is -0.143. The van der Waals surface area contributed by atoms with Gasteiger partial charge in [-0.15, -0.1) is 0 Å². The van der Waals surface area contributed by atoms with Gasteiger partial charge in [-0.2, -0.15) is 0 Å². The van der Waals surface area contributed by atoms with Crippen LogP contribution < -0.4 is 4.74 Å². The largest absolute Gasteiger partial charge is 0.496 e. The molecular formula is C19H28N2O3. The van der Waals surface area contributed by atoms with Crippen LogP contribution in [0.1, 0.15) is 36.4 Å². The Hall–Kier alpha value is -1.59. The normalized spacial score (nSPS) is 22.6. The molecule has 24 heavy (non-hydrogen) atoms. The third-order valence-electron chi connectivity index (χ3n) is 5.79. The van der Waals surface area contributed by atoms with E-state index >= 15 is 0 Å². The molecule has 5 heteroatoms. The number of benzene rings is 1. The fraction of sp³-hybridized carbons (Fsp3) is 0.632. The molecule has 0 aromatic heterocycles. The lowest BCUT2D eigenvalue weighted by atomic mass is 9.78. The number of aliphatic carboxylic acids is 1. The van der Waals surface area contributed by atoms with Gasteiger partial charge in [-0.25, -0.2) is 0 Å². The van der Waals surface area contributed by atoms with Crippen LogP contribution in [0.3, 0.4) is 0 Å². The summed E-state index contributed by atoms with van der Waals surface area (Å²) < 4.78 is 5.45. The maximum absolute atomic E-state index is 12.1. The fourth-order valence-corrected chi connectivity index (χ4v) is 4.24. The molecule has 132 valence electrons. The maximum atomic E-state index is 12.1. The Morgan fingerprint density at radius 1 is 1.25 bits per heavy atom. The molecule has 2 fully saturated rings. The predicted octanol–water partition coefficient (Wildman–Crippen LogP) is 2.55. The van der Waals surface area contributed by atoms with Gasteiger partial charge in [0.05, 0.1) is 7.11 Å². The monoisotopic (exact) mass is 332 g/mol. The van der Waals surface area contributed by atoms with E-state index in [4.69, 9.17) is 4.74 Å². The molecule has 2 aliphatic rings. The number of ether oxygens (including phenoxy) is 1. The number of hydrogen-bond donors (Lipinski definition) is 1. The van der Waals surface area contributed by atoms with E-state index in [2.05, 4.69) is 16.8 Å². The van der Waals surface area contributed by atoms with Crippen molar-refractivity contribution in [1.29, 1.82) is 0 Å². The van der Waals surface area contributed by atoms with Crippen molar-refractivity contribution < 1.29 is 14.6 Å². The number of carboxylic acids is 1. The van der Waals surface area contributed by atoms with E-state index in [0.717, 1.165) is 56.6 Å². The fourth-order valence-electron chi connectivity index (χ4n) is 4.24. The lowest BCUT2D eigenvalue weighted by Crippen LogP contribution is -2.41. The zero-order valence-corrected chi connectivity index (χ0v) is 14.9. The van der Waals surface area contributed by atoms with Crippen LogP contribution >= 0.6 is 0 Å². The average Bonchev–Trinajstić information content (AvgIpc) is 2.94. The molecule has 0 radical (unpaired) electrons. The van der Waals surface area contributed by atoms with Crippen LogP contribution in [0.4, 0.5) is 0 Å². The predicted molar refractivity (Wildman–Crippen MR) is 93.5 cm³/mol. The molecule has 2 aliphatic heterocycles. The van der Waals surface area contributed by atoms with E-state index in [1.165, 1.54) is 0 Å². The van der Waals surface area contributed by atoms with Crippen LogP contribution in [0.2, 0.25) is 0 Å². The molecule has 3 rings (SSSR count). The second-order valence-electron chi connectivity index (χ2n) is 7.51. The third kappa shape index (κ3) is 3.28. The second kappa shape index (κ2) is 6.73. The van der Waals surface area contributed by atoms with Gasteiger partial charge in [-0.3, -0.25) is 9.69 Å². The Kier molecular flexibility index (Phi) is 4.83. The number of carboxylic acid groups (broad SMARTS) is 1. The first-order chi connectivity index (χ1) is 11.4. The van der Waals surface area contributed by atoms with Crippen molar-refractivity contribution in [2.45, 2.75) is 32.2 Å². The van der Waals surface area contributed by atoms with Crippen molar-refractivity contribution in [3.05, 3.63) is 29.3 Å². The summed E-state index contributed by atoms with van der Waals surface area (Å²) in [5.74, 6) is -0.124. The van der Waals surface area contributed by atoms with Gasteiger partial charge in [-0.05, 0) is 64.3 Å². The highest BCUT2D eigenvalue weighted by Crippen LogP contribution is 2.44. The van der Waals surface area contributed by atoms with Gasteiger partial charge in [0.15, 0.2) is 0 Å². The van der Waals surface area contributed by atoms with Crippen molar-refractivity contribution in [3.8, 4) is 5.75 Å². The summed E-state index contributed by atoms with van der Waals surface area (Å²) in [6.45, 7) is 5.93. The van der Waals surface area contributed by atoms with E-state index in [-0.39, 0.29) is 5.41 Å². The number of piperidine rings is 1. The van der Waals surface area contributed by atoms with E-state index in [1.807, 2.05) is 25.1 Å². The molecule has 1 unspecified atom stereocenters. The molecule has 1 aromatic rings.